The van der Waals surface area contributed by atoms with E-state index in [1.54, 1.807) is 6.07 Å². The van der Waals surface area contributed by atoms with E-state index < -0.39 is 12.0 Å². The van der Waals surface area contributed by atoms with E-state index in [1.807, 2.05) is 31.1 Å². The van der Waals surface area contributed by atoms with Gasteiger partial charge in [0, 0.05) is 5.69 Å². The third-order valence-electron chi connectivity index (χ3n) is 1.86. The van der Waals surface area contributed by atoms with Gasteiger partial charge in [-0.1, -0.05) is 17.7 Å². The molecular formula is C9H11Cl2N2O2P. The molecule has 0 aliphatic rings. The average Bonchev–Trinajstić information content (AvgIpc) is 2.06. The van der Waals surface area contributed by atoms with Gasteiger partial charge in [-0.3, -0.25) is 9.65 Å². The lowest BCUT2D eigenvalue weighted by Gasteiger charge is -2.10. The van der Waals surface area contributed by atoms with Crippen LogP contribution >= 0.6 is 28.5 Å². The van der Waals surface area contributed by atoms with Crippen molar-refractivity contribution in [2.45, 2.75) is 13.8 Å². The lowest BCUT2D eigenvalue weighted by Crippen LogP contribution is -2.23. The topological polar surface area (TPSA) is 58.2 Å². The van der Waals surface area contributed by atoms with Crippen LogP contribution in [0.15, 0.2) is 18.2 Å². The highest BCUT2D eigenvalue weighted by atomic mass is 35.9. The summed E-state index contributed by atoms with van der Waals surface area (Å²) in [6.45, 7) is 3.80. The van der Waals surface area contributed by atoms with Gasteiger partial charge in [0.15, 0.2) is 0 Å². The SMILES string of the molecule is Cc1ccc(NC(=O)NP(=O)(Cl)Cl)c(C)c1. The van der Waals surface area contributed by atoms with Gasteiger partial charge < -0.3 is 5.32 Å². The Bertz CT molecular complexity index is 459. The zero-order valence-corrected chi connectivity index (χ0v) is 11.2. The van der Waals surface area contributed by atoms with Crippen molar-refractivity contribution in [3.05, 3.63) is 29.3 Å². The largest absolute Gasteiger partial charge is 0.346 e. The van der Waals surface area contributed by atoms with E-state index in [-0.39, 0.29) is 0 Å². The molecule has 4 nitrogen and oxygen atoms in total. The number of halogens is 2. The summed E-state index contributed by atoms with van der Waals surface area (Å²) < 4.78 is 10.9. The van der Waals surface area contributed by atoms with Crippen molar-refractivity contribution in [2.24, 2.45) is 0 Å². The Kier molecular flexibility index (Phi) is 4.25. The van der Waals surface area contributed by atoms with Crippen molar-refractivity contribution in [3.8, 4) is 0 Å². The Morgan fingerprint density at radius 1 is 1.31 bits per heavy atom. The molecule has 0 spiro atoms. The average molecular weight is 281 g/mol. The van der Waals surface area contributed by atoms with Gasteiger partial charge in [-0.15, -0.1) is 0 Å². The van der Waals surface area contributed by atoms with Crippen molar-refractivity contribution in [3.63, 3.8) is 0 Å². The molecule has 88 valence electrons. The van der Waals surface area contributed by atoms with Crippen molar-refractivity contribution in [1.82, 2.24) is 5.09 Å². The second-order valence-corrected chi connectivity index (χ2v) is 7.87. The standard InChI is InChI=1S/C9H11Cl2N2O2P/c1-6-3-4-8(7(2)5-6)12-9(14)13-16(10,11)15/h3-5H,1-2H3,(H2,12,13,14,15). The van der Waals surface area contributed by atoms with Gasteiger partial charge >= 0.3 is 12.0 Å². The second kappa shape index (κ2) is 5.09. The van der Waals surface area contributed by atoms with Crippen LogP contribution in [0.1, 0.15) is 11.1 Å². The zero-order valence-electron chi connectivity index (χ0n) is 8.75. The summed E-state index contributed by atoms with van der Waals surface area (Å²) in [5, 5.41) is 4.45. The molecular weight excluding hydrogens is 270 g/mol. The van der Waals surface area contributed by atoms with Crippen LogP contribution in [0.5, 0.6) is 0 Å². The molecule has 16 heavy (non-hydrogen) atoms. The lowest BCUT2D eigenvalue weighted by molar-refractivity contribution is 0.256. The number of amides is 2. The van der Waals surface area contributed by atoms with Gasteiger partial charge in [0.25, 0.3) is 0 Å². The van der Waals surface area contributed by atoms with Gasteiger partial charge in [0.05, 0.1) is 0 Å². The van der Waals surface area contributed by atoms with Crippen LogP contribution in [0.3, 0.4) is 0 Å². The van der Waals surface area contributed by atoms with Crippen molar-refractivity contribution in [1.29, 1.82) is 0 Å². The van der Waals surface area contributed by atoms with Crippen molar-refractivity contribution < 1.29 is 9.36 Å². The third kappa shape index (κ3) is 4.44. The van der Waals surface area contributed by atoms with Crippen LogP contribution in [0.4, 0.5) is 10.5 Å². The van der Waals surface area contributed by atoms with Gasteiger partial charge in [0.1, 0.15) is 0 Å². The molecule has 1 rings (SSSR count). The summed E-state index contributed by atoms with van der Waals surface area (Å²) in [6, 6.07) is 4.82. The molecule has 0 saturated carbocycles. The van der Waals surface area contributed by atoms with Crippen molar-refractivity contribution >= 4 is 40.2 Å². The van der Waals surface area contributed by atoms with E-state index in [2.05, 4.69) is 5.32 Å². The molecule has 0 aromatic heterocycles. The summed E-state index contributed by atoms with van der Waals surface area (Å²) in [4.78, 5) is 11.3. The first-order chi connectivity index (χ1) is 7.28. The Morgan fingerprint density at radius 3 is 2.44 bits per heavy atom. The van der Waals surface area contributed by atoms with Crippen LogP contribution in [-0.2, 0) is 4.57 Å². The first kappa shape index (κ1) is 13.4. The molecule has 0 fully saturated rings. The van der Waals surface area contributed by atoms with E-state index in [1.165, 1.54) is 0 Å². The second-order valence-electron chi connectivity index (χ2n) is 3.35. The molecule has 7 heteroatoms. The normalized spacial score (nSPS) is 11.0. The molecule has 0 aliphatic carbocycles. The maximum atomic E-state index is 11.3. The fourth-order valence-corrected chi connectivity index (χ4v) is 1.98. The molecule has 0 atom stereocenters. The van der Waals surface area contributed by atoms with Crippen LogP contribution < -0.4 is 10.4 Å². The number of urea groups is 1. The maximum absolute atomic E-state index is 11.3. The number of anilines is 1. The number of rotatable bonds is 2. The van der Waals surface area contributed by atoms with Crippen LogP contribution in [0.25, 0.3) is 0 Å². The molecule has 0 unspecified atom stereocenters. The van der Waals surface area contributed by atoms with E-state index >= 15 is 0 Å². The fraction of sp³-hybridized carbons (Fsp3) is 0.222. The molecule has 1 aromatic rings. The Morgan fingerprint density at radius 2 is 1.94 bits per heavy atom. The first-order valence-corrected chi connectivity index (χ1v) is 7.95. The number of benzene rings is 1. The summed E-state index contributed by atoms with van der Waals surface area (Å²) in [5.41, 5.74) is 2.60. The van der Waals surface area contributed by atoms with Crippen LogP contribution in [0, 0.1) is 13.8 Å². The molecule has 2 N–H and O–H groups in total. The lowest BCUT2D eigenvalue weighted by atomic mass is 10.1. The smallest absolute Gasteiger partial charge is 0.307 e. The minimum absolute atomic E-state index is 0.616. The number of carbonyl (C=O) groups excluding carboxylic acids is 1. The highest BCUT2D eigenvalue weighted by Gasteiger charge is 2.17. The van der Waals surface area contributed by atoms with Gasteiger partial charge in [-0.2, -0.15) is 0 Å². The van der Waals surface area contributed by atoms with Crippen molar-refractivity contribution in [2.75, 3.05) is 5.32 Å². The molecule has 0 aliphatic heterocycles. The molecule has 2 amide bonds. The quantitative estimate of drug-likeness (QED) is 0.804. The Labute approximate surface area is 103 Å². The molecule has 0 radical (unpaired) electrons. The summed E-state index contributed by atoms with van der Waals surface area (Å²) >= 11 is 10.4. The number of nitrogens with one attached hydrogen (secondary N) is 2. The minimum atomic E-state index is -3.60. The number of aryl methyl sites for hydroxylation is 2. The van der Waals surface area contributed by atoms with Gasteiger partial charge in [-0.25, -0.2) is 4.79 Å². The predicted molar refractivity (Wildman–Crippen MR) is 67.4 cm³/mol. The molecule has 0 heterocycles. The highest BCUT2D eigenvalue weighted by molar-refractivity contribution is 8.07. The number of carbonyl (C=O) groups is 1. The summed E-state index contributed by atoms with van der Waals surface area (Å²) in [7, 11) is 0. The molecule has 0 saturated heterocycles. The Hall–Kier alpha value is -0.700. The number of hydrogen-bond acceptors (Lipinski definition) is 2. The predicted octanol–water partition coefficient (Wildman–Crippen LogP) is 4.01. The summed E-state index contributed by atoms with van der Waals surface area (Å²) in [5.74, 6) is -3.60. The monoisotopic (exact) mass is 280 g/mol. The van der Waals surface area contributed by atoms with E-state index in [4.69, 9.17) is 22.5 Å². The van der Waals surface area contributed by atoms with E-state index in [0.29, 0.717) is 5.69 Å². The van der Waals surface area contributed by atoms with Gasteiger partial charge in [0.2, 0.25) is 0 Å². The van der Waals surface area contributed by atoms with Crippen LogP contribution in [0.2, 0.25) is 0 Å². The summed E-state index contributed by atoms with van der Waals surface area (Å²) in [6.07, 6.45) is 0. The van der Waals surface area contributed by atoms with E-state index in [9.17, 15) is 9.36 Å². The van der Waals surface area contributed by atoms with Crippen LogP contribution in [-0.4, -0.2) is 6.03 Å². The highest BCUT2D eigenvalue weighted by Crippen LogP contribution is 2.52. The minimum Gasteiger partial charge on any atom is -0.307 e. The first-order valence-electron chi connectivity index (χ1n) is 4.44. The maximum Gasteiger partial charge on any atom is 0.346 e. The molecule has 0 bridgehead atoms. The molecule has 1 aromatic carbocycles. The Balaban J connectivity index is 2.74. The fourth-order valence-electron chi connectivity index (χ4n) is 1.22. The zero-order chi connectivity index (χ0) is 12.3. The number of hydrogen-bond donors (Lipinski definition) is 2. The third-order valence-corrected chi connectivity index (χ3v) is 2.83. The van der Waals surface area contributed by atoms with Gasteiger partial charge in [-0.05, 0) is 48.0 Å². The van der Waals surface area contributed by atoms with E-state index in [0.717, 1.165) is 11.1 Å².